The van der Waals surface area contributed by atoms with E-state index in [4.69, 9.17) is 4.74 Å². The molecule has 1 amide bonds. The van der Waals surface area contributed by atoms with Crippen molar-refractivity contribution in [3.8, 4) is 0 Å². The van der Waals surface area contributed by atoms with Crippen molar-refractivity contribution in [1.82, 2.24) is 9.88 Å². The second-order valence-electron chi connectivity index (χ2n) is 4.04. The van der Waals surface area contributed by atoms with Gasteiger partial charge < -0.3 is 14.7 Å². The van der Waals surface area contributed by atoms with Gasteiger partial charge >= 0.3 is 0 Å². The molecule has 1 N–H and O–H groups in total. The molecule has 18 heavy (non-hydrogen) atoms. The summed E-state index contributed by atoms with van der Waals surface area (Å²) in [5.41, 5.74) is 0. The monoisotopic (exact) mass is 268 g/mol. The van der Waals surface area contributed by atoms with Gasteiger partial charge in [-0.3, -0.25) is 9.78 Å². The topological polar surface area (TPSA) is 62.7 Å². The van der Waals surface area contributed by atoms with Gasteiger partial charge in [-0.15, -0.1) is 11.8 Å². The van der Waals surface area contributed by atoms with E-state index < -0.39 is 6.10 Å². The molecule has 0 aromatic carbocycles. The van der Waals surface area contributed by atoms with Gasteiger partial charge in [0.2, 0.25) is 5.91 Å². The van der Waals surface area contributed by atoms with Crippen molar-refractivity contribution >= 4 is 17.7 Å². The quantitative estimate of drug-likeness (QED) is 0.804. The van der Waals surface area contributed by atoms with Crippen LogP contribution in [0.25, 0.3) is 0 Å². The van der Waals surface area contributed by atoms with E-state index in [1.54, 1.807) is 17.3 Å². The molecule has 5 nitrogen and oxygen atoms in total. The zero-order valence-electron chi connectivity index (χ0n) is 9.99. The number of pyridine rings is 1. The number of rotatable bonds is 3. The Kier molecular flexibility index (Phi) is 4.98. The summed E-state index contributed by atoms with van der Waals surface area (Å²) in [6.07, 6.45) is 2.83. The number of carbonyl (C=O) groups is 1. The summed E-state index contributed by atoms with van der Waals surface area (Å²) in [7, 11) is 0. The lowest BCUT2D eigenvalue weighted by molar-refractivity contribution is -0.129. The number of aromatic nitrogens is 1. The van der Waals surface area contributed by atoms with Gasteiger partial charge in [-0.25, -0.2) is 0 Å². The summed E-state index contributed by atoms with van der Waals surface area (Å²) in [4.78, 5) is 18.6. The predicted molar refractivity (Wildman–Crippen MR) is 68.4 cm³/mol. The first kappa shape index (κ1) is 13.3. The Hall–Kier alpha value is -1.11. The molecule has 1 fully saturated rings. The van der Waals surface area contributed by atoms with Crippen LogP contribution in [0.1, 0.15) is 0 Å². The second-order valence-corrected chi connectivity index (χ2v) is 5.09. The zero-order valence-corrected chi connectivity index (χ0v) is 10.8. The molecule has 2 rings (SSSR count). The van der Waals surface area contributed by atoms with Gasteiger partial charge in [-0.1, -0.05) is 0 Å². The number of aliphatic hydroxyl groups is 1. The number of thioether (sulfide) groups is 1. The van der Waals surface area contributed by atoms with Gasteiger partial charge in [0.1, 0.15) is 0 Å². The highest BCUT2D eigenvalue weighted by Crippen LogP contribution is 2.17. The fourth-order valence-corrected chi connectivity index (χ4v) is 2.48. The molecule has 1 saturated heterocycles. The fraction of sp³-hybridized carbons (Fsp3) is 0.500. The molecule has 1 aromatic heterocycles. The number of aliphatic hydroxyl groups excluding tert-OH is 1. The fourth-order valence-electron chi connectivity index (χ4n) is 1.69. The predicted octanol–water partition coefficient (Wildman–Crippen LogP) is 0.393. The van der Waals surface area contributed by atoms with Crippen molar-refractivity contribution in [2.45, 2.75) is 11.0 Å². The maximum absolute atomic E-state index is 12.0. The zero-order chi connectivity index (χ0) is 12.8. The summed E-state index contributed by atoms with van der Waals surface area (Å²) in [5.74, 6) is 0.401. The van der Waals surface area contributed by atoms with E-state index >= 15 is 0 Å². The summed E-state index contributed by atoms with van der Waals surface area (Å²) in [6.45, 7) is 1.70. The molecule has 0 spiro atoms. The van der Waals surface area contributed by atoms with Crippen LogP contribution < -0.4 is 0 Å². The van der Waals surface area contributed by atoms with Gasteiger partial charge in [0.25, 0.3) is 0 Å². The first-order valence-electron chi connectivity index (χ1n) is 5.82. The van der Waals surface area contributed by atoms with E-state index in [1.165, 1.54) is 11.8 Å². The van der Waals surface area contributed by atoms with E-state index in [2.05, 4.69) is 4.98 Å². The highest BCUT2D eigenvalue weighted by molar-refractivity contribution is 8.00. The lowest BCUT2D eigenvalue weighted by Crippen LogP contribution is -2.38. The number of carbonyl (C=O) groups excluding carboxylic acids is 1. The number of nitrogens with zero attached hydrogens (tertiary/aromatic N) is 2. The average Bonchev–Trinajstić information content (AvgIpc) is 2.62. The first-order chi connectivity index (χ1) is 8.75. The number of hydrogen-bond donors (Lipinski definition) is 1. The molecule has 1 unspecified atom stereocenters. The average molecular weight is 268 g/mol. The van der Waals surface area contributed by atoms with Crippen LogP contribution in [-0.4, -0.2) is 59.1 Å². The normalized spacial score (nSPS) is 20.5. The SMILES string of the molecule is O=C(CSc1ccncc1)N1CCOCC(O)C1. The Morgan fingerprint density at radius 2 is 2.33 bits per heavy atom. The van der Waals surface area contributed by atoms with Crippen LogP contribution in [-0.2, 0) is 9.53 Å². The molecule has 1 aliphatic rings. The van der Waals surface area contributed by atoms with Crippen LogP contribution in [0.5, 0.6) is 0 Å². The summed E-state index contributed by atoms with van der Waals surface area (Å²) in [6, 6.07) is 3.75. The van der Waals surface area contributed by atoms with E-state index in [-0.39, 0.29) is 5.91 Å². The van der Waals surface area contributed by atoms with Gasteiger partial charge in [-0.2, -0.15) is 0 Å². The van der Waals surface area contributed by atoms with Gasteiger partial charge in [0.05, 0.1) is 25.1 Å². The third-order valence-corrected chi connectivity index (χ3v) is 3.61. The van der Waals surface area contributed by atoms with E-state index in [0.29, 0.717) is 32.1 Å². The Labute approximate surface area is 110 Å². The maximum Gasteiger partial charge on any atom is 0.233 e. The molecular formula is C12H16N2O3S. The smallest absolute Gasteiger partial charge is 0.233 e. The van der Waals surface area contributed by atoms with Crippen LogP contribution in [0, 0.1) is 0 Å². The molecular weight excluding hydrogens is 252 g/mol. The Balaban J connectivity index is 1.83. The molecule has 98 valence electrons. The van der Waals surface area contributed by atoms with E-state index in [9.17, 15) is 9.90 Å². The highest BCUT2D eigenvalue weighted by atomic mass is 32.2. The largest absolute Gasteiger partial charge is 0.389 e. The van der Waals surface area contributed by atoms with Crippen LogP contribution in [0.15, 0.2) is 29.4 Å². The van der Waals surface area contributed by atoms with Crippen molar-refractivity contribution in [2.75, 3.05) is 32.1 Å². The van der Waals surface area contributed by atoms with Crippen molar-refractivity contribution in [2.24, 2.45) is 0 Å². The number of ether oxygens (including phenoxy) is 1. The number of amides is 1. The molecule has 0 radical (unpaired) electrons. The van der Waals surface area contributed by atoms with Crippen molar-refractivity contribution in [1.29, 1.82) is 0 Å². The summed E-state index contributed by atoms with van der Waals surface area (Å²) < 4.78 is 5.19. The van der Waals surface area contributed by atoms with Gasteiger partial charge in [0.15, 0.2) is 0 Å². The van der Waals surface area contributed by atoms with Crippen LogP contribution in [0.3, 0.4) is 0 Å². The van der Waals surface area contributed by atoms with Crippen molar-refractivity contribution in [3.05, 3.63) is 24.5 Å². The van der Waals surface area contributed by atoms with Crippen LogP contribution in [0.4, 0.5) is 0 Å². The van der Waals surface area contributed by atoms with Crippen molar-refractivity contribution in [3.63, 3.8) is 0 Å². The summed E-state index contributed by atoms with van der Waals surface area (Å²) in [5, 5.41) is 9.56. The van der Waals surface area contributed by atoms with E-state index in [1.807, 2.05) is 12.1 Å². The molecule has 2 heterocycles. The van der Waals surface area contributed by atoms with Gasteiger partial charge in [0, 0.05) is 30.4 Å². The van der Waals surface area contributed by atoms with Crippen LogP contribution >= 0.6 is 11.8 Å². The minimum absolute atomic E-state index is 0.0290. The standard InChI is InChI=1S/C12H16N2O3S/c15-10-7-14(5-6-17-8-10)12(16)9-18-11-1-3-13-4-2-11/h1-4,10,15H,5-9H2. The van der Waals surface area contributed by atoms with Crippen molar-refractivity contribution < 1.29 is 14.6 Å². The lowest BCUT2D eigenvalue weighted by atomic mass is 10.3. The molecule has 0 bridgehead atoms. The maximum atomic E-state index is 12.0. The van der Waals surface area contributed by atoms with E-state index in [0.717, 1.165) is 4.90 Å². The Bertz CT molecular complexity index is 388. The van der Waals surface area contributed by atoms with Crippen LogP contribution in [0.2, 0.25) is 0 Å². The number of β-amino-alcohol motifs (C(OH)–C–C–N with tert-alkyl or cyclic N) is 1. The highest BCUT2D eigenvalue weighted by Gasteiger charge is 2.20. The first-order valence-corrected chi connectivity index (χ1v) is 6.80. The molecule has 6 heteroatoms. The summed E-state index contributed by atoms with van der Waals surface area (Å²) >= 11 is 1.48. The molecule has 0 saturated carbocycles. The molecule has 1 aliphatic heterocycles. The number of hydrogen-bond acceptors (Lipinski definition) is 5. The third kappa shape index (κ3) is 3.97. The second kappa shape index (κ2) is 6.72. The van der Waals surface area contributed by atoms with Gasteiger partial charge in [-0.05, 0) is 12.1 Å². The Morgan fingerprint density at radius 3 is 3.11 bits per heavy atom. The third-order valence-electron chi connectivity index (χ3n) is 2.61. The Morgan fingerprint density at radius 1 is 1.56 bits per heavy atom. The molecule has 1 atom stereocenters. The molecule has 0 aliphatic carbocycles. The minimum Gasteiger partial charge on any atom is -0.389 e. The lowest BCUT2D eigenvalue weighted by Gasteiger charge is -2.21. The minimum atomic E-state index is -0.581. The molecule has 1 aromatic rings.